The first-order valence-electron chi connectivity index (χ1n) is 10.6. The van der Waals surface area contributed by atoms with E-state index < -0.39 is 5.54 Å². The molecular formula is C26H27N3O2. The second-order valence-corrected chi connectivity index (χ2v) is 8.26. The summed E-state index contributed by atoms with van der Waals surface area (Å²) in [6.45, 7) is 5.73. The lowest BCUT2D eigenvalue weighted by atomic mass is 9.63. The fourth-order valence-electron chi connectivity index (χ4n) is 4.86. The van der Waals surface area contributed by atoms with Gasteiger partial charge in [0.25, 0.3) is 0 Å². The highest BCUT2D eigenvalue weighted by Crippen LogP contribution is 2.51. The zero-order valence-corrected chi connectivity index (χ0v) is 18.1. The van der Waals surface area contributed by atoms with Gasteiger partial charge in [-0.15, -0.1) is 0 Å². The van der Waals surface area contributed by atoms with E-state index in [2.05, 4.69) is 36.3 Å². The Balaban J connectivity index is 1.66. The van der Waals surface area contributed by atoms with Crippen LogP contribution in [0.15, 0.2) is 75.6 Å². The molecule has 0 fully saturated rings. The van der Waals surface area contributed by atoms with Crippen molar-refractivity contribution in [3.05, 3.63) is 92.9 Å². The van der Waals surface area contributed by atoms with Crippen molar-refractivity contribution in [3.8, 4) is 0 Å². The lowest BCUT2D eigenvalue weighted by Gasteiger charge is -2.45. The average Bonchev–Trinajstić information content (AvgIpc) is 2.71. The molecular weight excluding hydrogens is 386 g/mol. The Bertz CT molecular complexity index is 1180. The van der Waals surface area contributed by atoms with Gasteiger partial charge in [0.1, 0.15) is 5.54 Å². The number of carbonyl (C=O) groups excluding carboxylic acids is 1. The van der Waals surface area contributed by atoms with Gasteiger partial charge in [-0.3, -0.25) is 14.6 Å². The number of aliphatic imine (C=N–C) groups is 1. The number of anilines is 1. The molecule has 5 heteroatoms. The van der Waals surface area contributed by atoms with E-state index in [1.165, 1.54) is 18.1 Å². The number of rotatable bonds is 4. The lowest BCUT2D eigenvalue weighted by molar-refractivity contribution is -0.114. The van der Waals surface area contributed by atoms with Crippen LogP contribution in [-0.4, -0.2) is 17.1 Å². The molecule has 158 valence electrons. The van der Waals surface area contributed by atoms with Crippen LogP contribution in [0.3, 0.4) is 0 Å². The number of pyridine rings is 1. The molecule has 0 spiro atoms. The van der Waals surface area contributed by atoms with Crippen molar-refractivity contribution in [2.75, 3.05) is 5.32 Å². The number of amides is 1. The molecule has 2 aliphatic carbocycles. The third kappa shape index (κ3) is 4.08. The molecule has 5 nitrogen and oxygen atoms in total. The number of allylic oxidation sites excluding steroid dienone is 3. The van der Waals surface area contributed by atoms with E-state index in [0.717, 1.165) is 35.3 Å². The van der Waals surface area contributed by atoms with Crippen LogP contribution in [0, 0.1) is 5.92 Å². The predicted octanol–water partition coefficient (Wildman–Crippen LogP) is 4.78. The highest BCUT2D eigenvalue weighted by molar-refractivity contribution is 5.88. The summed E-state index contributed by atoms with van der Waals surface area (Å²) in [5.41, 5.74) is 5.95. The summed E-state index contributed by atoms with van der Waals surface area (Å²) in [4.78, 5) is 31.2. The highest BCUT2D eigenvalue weighted by Gasteiger charge is 2.46. The minimum Gasteiger partial charge on any atom is -0.326 e. The maximum Gasteiger partial charge on any atom is 0.248 e. The molecule has 0 saturated carbocycles. The van der Waals surface area contributed by atoms with Gasteiger partial charge in [-0.05, 0) is 55.7 Å². The number of carbonyl (C=O) groups is 1. The Morgan fingerprint density at radius 2 is 2.00 bits per heavy atom. The van der Waals surface area contributed by atoms with Crippen LogP contribution in [-0.2, 0) is 16.8 Å². The van der Waals surface area contributed by atoms with Crippen LogP contribution in [0.25, 0.3) is 6.08 Å². The summed E-state index contributed by atoms with van der Waals surface area (Å²) in [6, 6.07) is 11.2. The Hall–Kier alpha value is -3.47. The molecule has 31 heavy (non-hydrogen) atoms. The minimum absolute atomic E-state index is 0.0665. The molecule has 2 atom stereocenters. The summed E-state index contributed by atoms with van der Waals surface area (Å²) in [5.74, 6) is 0.172. The van der Waals surface area contributed by atoms with E-state index in [-0.39, 0.29) is 17.4 Å². The summed E-state index contributed by atoms with van der Waals surface area (Å²) in [7, 11) is 0. The number of hydrogen-bond donors (Lipinski definition) is 2. The fourth-order valence-corrected chi connectivity index (χ4v) is 4.86. The van der Waals surface area contributed by atoms with E-state index in [0.29, 0.717) is 0 Å². The van der Waals surface area contributed by atoms with E-state index in [1.54, 1.807) is 6.07 Å². The van der Waals surface area contributed by atoms with Crippen molar-refractivity contribution in [1.29, 1.82) is 0 Å². The standard InChI is InChI=1S/C26H27N3O2/c1-4-22-20-14-17(2)16-26(22,23-11-12-25(31)29-24(23)15-20)27-13-5-6-19-7-9-21(10-8-19)28-18(3)30/h4-14,20H,15-16H2,1-3H3,(H,28,30)(H,29,31)/b6-5+,22-4+,27-13?/t20-,26+/m0/s1. The van der Waals surface area contributed by atoms with E-state index in [9.17, 15) is 9.59 Å². The first-order chi connectivity index (χ1) is 14.9. The Morgan fingerprint density at radius 3 is 2.71 bits per heavy atom. The van der Waals surface area contributed by atoms with Gasteiger partial charge in [0.05, 0.1) is 0 Å². The molecule has 1 heterocycles. The zero-order chi connectivity index (χ0) is 22.0. The lowest BCUT2D eigenvalue weighted by Crippen LogP contribution is -2.40. The second kappa shape index (κ2) is 8.34. The molecule has 2 aliphatic rings. The number of hydrogen-bond acceptors (Lipinski definition) is 3. The molecule has 1 aromatic carbocycles. The van der Waals surface area contributed by atoms with Crippen molar-refractivity contribution in [3.63, 3.8) is 0 Å². The van der Waals surface area contributed by atoms with Crippen LogP contribution in [0.1, 0.15) is 44.0 Å². The molecule has 2 aromatic rings. The average molecular weight is 414 g/mol. The summed E-state index contributed by atoms with van der Waals surface area (Å²) in [6.07, 6.45) is 11.9. The molecule has 0 aliphatic heterocycles. The summed E-state index contributed by atoms with van der Waals surface area (Å²) < 4.78 is 0. The Labute approximate surface area is 182 Å². The number of H-pyrrole nitrogens is 1. The number of fused-ring (bicyclic) bond motifs is 4. The molecule has 4 rings (SSSR count). The maximum absolute atomic E-state index is 11.9. The number of benzene rings is 1. The van der Waals surface area contributed by atoms with Crippen molar-refractivity contribution in [2.24, 2.45) is 10.9 Å². The van der Waals surface area contributed by atoms with Crippen LogP contribution >= 0.6 is 0 Å². The van der Waals surface area contributed by atoms with Crippen molar-refractivity contribution in [1.82, 2.24) is 4.98 Å². The molecule has 0 unspecified atom stereocenters. The van der Waals surface area contributed by atoms with E-state index in [1.807, 2.05) is 48.7 Å². The molecule has 2 bridgehead atoms. The van der Waals surface area contributed by atoms with Gasteiger partial charge in [-0.1, -0.05) is 35.9 Å². The monoisotopic (exact) mass is 413 g/mol. The Morgan fingerprint density at radius 1 is 1.23 bits per heavy atom. The molecule has 1 amide bonds. The SMILES string of the molecule is C/C=C1\[C@H]2C=C(C)C[C@]1(N=C/C=C/c1ccc(NC(C)=O)cc1)c1ccc(=O)[nH]c1C2. The summed E-state index contributed by atoms with van der Waals surface area (Å²) >= 11 is 0. The third-order valence-electron chi connectivity index (χ3n) is 5.98. The summed E-state index contributed by atoms with van der Waals surface area (Å²) in [5, 5.41) is 2.77. The highest BCUT2D eigenvalue weighted by atomic mass is 16.1. The number of aromatic amines is 1. The van der Waals surface area contributed by atoms with Gasteiger partial charge in [0.2, 0.25) is 11.5 Å². The molecule has 0 radical (unpaired) electrons. The fraction of sp³-hybridized carbons (Fsp3) is 0.269. The van der Waals surface area contributed by atoms with Gasteiger partial charge in [-0.2, -0.15) is 0 Å². The minimum atomic E-state index is -0.477. The van der Waals surface area contributed by atoms with Crippen molar-refractivity contribution in [2.45, 2.75) is 39.2 Å². The normalized spacial score (nSPS) is 23.8. The van der Waals surface area contributed by atoms with Crippen molar-refractivity contribution < 1.29 is 4.79 Å². The van der Waals surface area contributed by atoms with E-state index in [4.69, 9.17) is 4.99 Å². The molecule has 2 N–H and O–H groups in total. The number of nitrogens with one attached hydrogen (secondary N) is 2. The van der Waals surface area contributed by atoms with Gasteiger partial charge < -0.3 is 10.3 Å². The number of aromatic nitrogens is 1. The largest absolute Gasteiger partial charge is 0.326 e. The van der Waals surface area contributed by atoms with Crippen LogP contribution in [0.4, 0.5) is 5.69 Å². The third-order valence-corrected chi connectivity index (χ3v) is 5.98. The number of nitrogens with zero attached hydrogens (tertiary/aromatic N) is 1. The first kappa shape index (κ1) is 20.8. The molecule has 0 saturated heterocycles. The van der Waals surface area contributed by atoms with Crippen LogP contribution in [0.5, 0.6) is 0 Å². The van der Waals surface area contributed by atoms with Crippen LogP contribution in [0.2, 0.25) is 0 Å². The smallest absolute Gasteiger partial charge is 0.248 e. The van der Waals surface area contributed by atoms with Gasteiger partial charge in [-0.25, -0.2) is 0 Å². The maximum atomic E-state index is 11.9. The van der Waals surface area contributed by atoms with E-state index >= 15 is 0 Å². The first-order valence-corrected chi connectivity index (χ1v) is 10.6. The molecule has 1 aromatic heterocycles. The predicted molar refractivity (Wildman–Crippen MR) is 126 cm³/mol. The second-order valence-electron chi connectivity index (χ2n) is 8.26. The topological polar surface area (TPSA) is 74.3 Å². The van der Waals surface area contributed by atoms with Crippen LogP contribution < -0.4 is 10.9 Å². The zero-order valence-electron chi connectivity index (χ0n) is 18.1. The van der Waals surface area contributed by atoms with Gasteiger partial charge >= 0.3 is 0 Å². The van der Waals surface area contributed by atoms with Gasteiger partial charge in [0.15, 0.2) is 0 Å². The van der Waals surface area contributed by atoms with Gasteiger partial charge in [0, 0.05) is 48.5 Å². The Kier molecular flexibility index (Phi) is 5.59. The quantitative estimate of drug-likeness (QED) is 0.559. The van der Waals surface area contributed by atoms with Crippen molar-refractivity contribution >= 4 is 23.9 Å².